The number of nitrogens with zero attached hydrogens (tertiary/aromatic N) is 2. The molecule has 0 spiro atoms. The number of halogens is 1. The minimum Gasteiger partial charge on any atom is -0.489 e. The molecule has 0 radical (unpaired) electrons. The number of nitrogens with two attached hydrogens (primary N) is 1. The van der Waals surface area contributed by atoms with E-state index < -0.39 is 0 Å². The number of aryl methyl sites for hydroxylation is 1. The molecule has 3 rings (SSSR count). The normalized spacial score (nSPS) is 10.8. The number of nitrogens with one attached hydrogen (secondary N) is 1. The molecule has 0 amide bonds. The maximum atomic E-state index is 13.4. The van der Waals surface area contributed by atoms with Gasteiger partial charge >= 0.3 is 0 Å². The lowest BCUT2D eigenvalue weighted by Gasteiger charge is -2.12. The number of anilines is 3. The summed E-state index contributed by atoms with van der Waals surface area (Å²) in [5.41, 5.74) is 8.54. The molecule has 3 aromatic rings. The second-order valence-electron chi connectivity index (χ2n) is 5.56. The van der Waals surface area contributed by atoms with Crippen molar-refractivity contribution < 1.29 is 13.9 Å². The standard InChI is InChI=1S/C18H19FN4O2/c1-11-7-12(3-4-14(11)19)23-18-13-8-15(20)17(25-6-5-24-2)9-16(13)21-10-22-18/h3-4,7-10H,5-6,20H2,1-2H3,(H,21,22,23). The monoisotopic (exact) mass is 342 g/mol. The van der Waals surface area contributed by atoms with Crippen molar-refractivity contribution in [1.82, 2.24) is 9.97 Å². The second-order valence-corrected chi connectivity index (χ2v) is 5.56. The summed E-state index contributed by atoms with van der Waals surface area (Å²) in [4.78, 5) is 8.54. The van der Waals surface area contributed by atoms with Gasteiger partial charge in [0.25, 0.3) is 0 Å². The predicted octanol–water partition coefficient (Wildman–Crippen LogP) is 3.43. The molecule has 0 unspecified atom stereocenters. The van der Waals surface area contributed by atoms with Gasteiger partial charge in [0, 0.05) is 24.2 Å². The van der Waals surface area contributed by atoms with Gasteiger partial charge in [-0.15, -0.1) is 0 Å². The van der Waals surface area contributed by atoms with Crippen LogP contribution < -0.4 is 15.8 Å². The van der Waals surface area contributed by atoms with Crippen LogP contribution in [-0.4, -0.2) is 30.3 Å². The highest BCUT2D eigenvalue weighted by atomic mass is 19.1. The van der Waals surface area contributed by atoms with Crippen molar-refractivity contribution >= 4 is 28.1 Å². The van der Waals surface area contributed by atoms with Crippen LogP contribution in [0.25, 0.3) is 10.9 Å². The Morgan fingerprint density at radius 1 is 1.16 bits per heavy atom. The van der Waals surface area contributed by atoms with E-state index in [0.717, 1.165) is 11.1 Å². The zero-order chi connectivity index (χ0) is 17.8. The Morgan fingerprint density at radius 2 is 2.00 bits per heavy atom. The molecule has 0 atom stereocenters. The fourth-order valence-electron chi connectivity index (χ4n) is 2.42. The highest BCUT2D eigenvalue weighted by Crippen LogP contribution is 2.31. The summed E-state index contributed by atoms with van der Waals surface area (Å²) >= 11 is 0. The number of methoxy groups -OCH3 is 1. The molecule has 3 N–H and O–H groups in total. The summed E-state index contributed by atoms with van der Waals surface area (Å²) in [6.07, 6.45) is 1.45. The fourth-order valence-corrected chi connectivity index (χ4v) is 2.42. The maximum Gasteiger partial charge on any atom is 0.144 e. The second kappa shape index (κ2) is 7.31. The molecule has 0 aliphatic rings. The first-order valence-corrected chi connectivity index (χ1v) is 7.77. The lowest BCUT2D eigenvalue weighted by atomic mass is 10.1. The van der Waals surface area contributed by atoms with Crippen molar-refractivity contribution in [3.8, 4) is 5.75 Å². The van der Waals surface area contributed by atoms with Crippen LogP contribution in [-0.2, 0) is 4.74 Å². The molecule has 2 aromatic carbocycles. The minimum atomic E-state index is -0.250. The zero-order valence-electron chi connectivity index (χ0n) is 14.0. The Hall–Kier alpha value is -2.93. The number of aromatic nitrogens is 2. The molecular weight excluding hydrogens is 323 g/mol. The van der Waals surface area contributed by atoms with Crippen molar-refractivity contribution in [1.29, 1.82) is 0 Å². The first-order valence-electron chi connectivity index (χ1n) is 7.77. The Balaban J connectivity index is 1.93. The van der Waals surface area contributed by atoms with Crippen LogP contribution in [0, 0.1) is 12.7 Å². The number of nitrogen functional groups attached to an aromatic ring is 1. The molecule has 1 aromatic heterocycles. The number of ether oxygens (including phenoxy) is 2. The van der Waals surface area contributed by atoms with E-state index in [4.69, 9.17) is 15.2 Å². The minimum absolute atomic E-state index is 0.250. The molecule has 0 aliphatic carbocycles. The van der Waals surface area contributed by atoms with Crippen LogP contribution in [0.5, 0.6) is 5.75 Å². The highest BCUT2D eigenvalue weighted by molar-refractivity contribution is 5.94. The third kappa shape index (κ3) is 3.77. The molecule has 0 saturated heterocycles. The lowest BCUT2D eigenvalue weighted by molar-refractivity contribution is 0.147. The van der Waals surface area contributed by atoms with Crippen LogP contribution in [0.15, 0.2) is 36.7 Å². The Kier molecular flexibility index (Phi) is 4.95. The predicted molar refractivity (Wildman–Crippen MR) is 95.7 cm³/mol. The van der Waals surface area contributed by atoms with E-state index in [1.165, 1.54) is 12.4 Å². The summed E-state index contributed by atoms with van der Waals surface area (Å²) < 4.78 is 24.0. The van der Waals surface area contributed by atoms with E-state index >= 15 is 0 Å². The van der Waals surface area contributed by atoms with Gasteiger partial charge in [-0.3, -0.25) is 0 Å². The Morgan fingerprint density at radius 3 is 2.76 bits per heavy atom. The van der Waals surface area contributed by atoms with E-state index in [1.54, 1.807) is 38.3 Å². The molecule has 0 saturated carbocycles. The van der Waals surface area contributed by atoms with Crippen molar-refractivity contribution in [2.75, 3.05) is 31.4 Å². The van der Waals surface area contributed by atoms with Crippen LogP contribution in [0.4, 0.5) is 21.6 Å². The maximum absolute atomic E-state index is 13.4. The van der Waals surface area contributed by atoms with Crippen molar-refractivity contribution in [3.63, 3.8) is 0 Å². The summed E-state index contributed by atoms with van der Waals surface area (Å²) in [6, 6.07) is 8.31. The summed E-state index contributed by atoms with van der Waals surface area (Å²) in [5.74, 6) is 0.887. The van der Waals surface area contributed by atoms with Crippen LogP contribution in [0.3, 0.4) is 0 Å². The van der Waals surface area contributed by atoms with Gasteiger partial charge in [0.05, 0.1) is 17.8 Å². The number of hydrogen-bond donors (Lipinski definition) is 2. The van der Waals surface area contributed by atoms with E-state index in [2.05, 4.69) is 15.3 Å². The van der Waals surface area contributed by atoms with Crippen molar-refractivity contribution in [2.24, 2.45) is 0 Å². The average Bonchev–Trinajstić information content (AvgIpc) is 2.59. The van der Waals surface area contributed by atoms with E-state index in [-0.39, 0.29) is 5.82 Å². The van der Waals surface area contributed by atoms with E-state index in [9.17, 15) is 4.39 Å². The summed E-state index contributed by atoms with van der Waals surface area (Å²) in [5, 5.41) is 3.93. The van der Waals surface area contributed by atoms with Gasteiger partial charge in [-0.2, -0.15) is 0 Å². The lowest BCUT2D eigenvalue weighted by Crippen LogP contribution is -2.06. The molecule has 6 nitrogen and oxygen atoms in total. The van der Waals surface area contributed by atoms with Gasteiger partial charge in [-0.05, 0) is 36.8 Å². The summed E-state index contributed by atoms with van der Waals surface area (Å²) in [7, 11) is 1.61. The quantitative estimate of drug-likeness (QED) is 0.527. The number of benzene rings is 2. The third-order valence-electron chi connectivity index (χ3n) is 3.73. The SMILES string of the molecule is COCCOc1cc2ncnc(Nc3ccc(F)c(C)c3)c2cc1N. The van der Waals surface area contributed by atoms with E-state index in [1.807, 2.05) is 0 Å². The van der Waals surface area contributed by atoms with Crippen molar-refractivity contribution in [3.05, 3.63) is 48.0 Å². The topological polar surface area (TPSA) is 82.3 Å². The molecule has 1 heterocycles. The van der Waals surface area contributed by atoms with Gasteiger partial charge in [0.1, 0.15) is 30.3 Å². The molecular formula is C18H19FN4O2. The van der Waals surface area contributed by atoms with Crippen LogP contribution in [0.1, 0.15) is 5.56 Å². The first kappa shape index (κ1) is 16.9. The smallest absolute Gasteiger partial charge is 0.144 e. The third-order valence-corrected chi connectivity index (χ3v) is 3.73. The largest absolute Gasteiger partial charge is 0.489 e. The Labute approximate surface area is 144 Å². The van der Waals surface area contributed by atoms with Crippen LogP contribution in [0.2, 0.25) is 0 Å². The molecule has 25 heavy (non-hydrogen) atoms. The number of hydrogen-bond acceptors (Lipinski definition) is 6. The van der Waals surface area contributed by atoms with Gasteiger partial charge < -0.3 is 20.5 Å². The van der Waals surface area contributed by atoms with Gasteiger partial charge in [0.2, 0.25) is 0 Å². The summed E-state index contributed by atoms with van der Waals surface area (Å²) in [6.45, 7) is 2.58. The number of fused-ring (bicyclic) bond motifs is 1. The molecule has 0 bridgehead atoms. The molecule has 0 fully saturated rings. The number of rotatable bonds is 6. The average molecular weight is 342 g/mol. The van der Waals surface area contributed by atoms with E-state index in [0.29, 0.717) is 41.5 Å². The Bertz CT molecular complexity index is 902. The van der Waals surface area contributed by atoms with Gasteiger partial charge in [-0.25, -0.2) is 14.4 Å². The highest BCUT2D eigenvalue weighted by Gasteiger charge is 2.10. The van der Waals surface area contributed by atoms with Crippen LogP contribution >= 0.6 is 0 Å². The van der Waals surface area contributed by atoms with Gasteiger partial charge in [-0.1, -0.05) is 0 Å². The van der Waals surface area contributed by atoms with Gasteiger partial charge in [0.15, 0.2) is 0 Å². The molecule has 130 valence electrons. The zero-order valence-corrected chi connectivity index (χ0v) is 14.0. The first-order chi connectivity index (χ1) is 12.1. The van der Waals surface area contributed by atoms with Crippen molar-refractivity contribution in [2.45, 2.75) is 6.92 Å². The fraction of sp³-hybridized carbons (Fsp3) is 0.222. The molecule has 7 heteroatoms. The molecule has 0 aliphatic heterocycles.